The van der Waals surface area contributed by atoms with E-state index < -0.39 is 12.1 Å². The van der Waals surface area contributed by atoms with Gasteiger partial charge in [0.2, 0.25) is 0 Å². The largest absolute Gasteiger partial charge is 0.481 e. The summed E-state index contributed by atoms with van der Waals surface area (Å²) in [5, 5.41) is 9.31. The molecule has 0 aliphatic rings. The van der Waals surface area contributed by atoms with Gasteiger partial charge in [-0.05, 0) is 64.2 Å². The number of allylic oxidation sites excluding steroid dienone is 8. The Bertz CT molecular complexity index is 870. The first-order valence-electron chi connectivity index (χ1n) is 22.6. The van der Waals surface area contributed by atoms with Crippen molar-refractivity contribution >= 4 is 11.9 Å². The summed E-state index contributed by atoms with van der Waals surface area (Å²) in [6, 6.07) is 0. The Kier molecular flexibility index (Phi) is 41.6. The van der Waals surface area contributed by atoms with Gasteiger partial charge in [-0.2, -0.15) is 0 Å². The average molecular weight is 727 g/mol. The van der Waals surface area contributed by atoms with E-state index in [1.165, 1.54) is 148 Å². The minimum absolute atomic E-state index is 0.0811. The van der Waals surface area contributed by atoms with Crippen molar-refractivity contribution in [1.29, 1.82) is 0 Å². The van der Waals surface area contributed by atoms with Crippen molar-refractivity contribution < 1.29 is 19.4 Å². The van der Waals surface area contributed by atoms with Crippen LogP contribution in [-0.4, -0.2) is 23.1 Å². The van der Waals surface area contributed by atoms with Gasteiger partial charge >= 0.3 is 11.9 Å². The van der Waals surface area contributed by atoms with Crippen molar-refractivity contribution in [3.05, 3.63) is 48.6 Å². The van der Waals surface area contributed by atoms with E-state index in [1.807, 2.05) is 0 Å². The SMILES string of the molecule is CCCCC/C=C\C/C=C\C/C=C\C/C=C\CCCCCCCC(=O)OC(CCCCCCCCCCCCCCCCCCCCC)CC(=O)O. The fourth-order valence-corrected chi connectivity index (χ4v) is 6.72. The van der Waals surface area contributed by atoms with Crippen LogP contribution in [0.2, 0.25) is 0 Å². The first-order chi connectivity index (χ1) is 25.6. The van der Waals surface area contributed by atoms with E-state index in [2.05, 4.69) is 62.5 Å². The number of carbonyl (C=O) groups excluding carboxylic acids is 1. The molecule has 0 saturated heterocycles. The molecule has 1 unspecified atom stereocenters. The zero-order chi connectivity index (χ0) is 37.8. The summed E-state index contributed by atoms with van der Waals surface area (Å²) in [5.74, 6) is -1.12. The molecule has 0 aromatic heterocycles. The number of unbranched alkanes of at least 4 members (excludes halogenated alkanes) is 26. The van der Waals surface area contributed by atoms with Gasteiger partial charge in [-0.1, -0.05) is 210 Å². The number of esters is 1. The molecule has 0 amide bonds. The van der Waals surface area contributed by atoms with Gasteiger partial charge in [-0.25, -0.2) is 0 Å². The molecular weight excluding hydrogens is 641 g/mol. The summed E-state index contributed by atoms with van der Waals surface area (Å²) in [4.78, 5) is 23.7. The highest BCUT2D eigenvalue weighted by Gasteiger charge is 2.17. The first kappa shape index (κ1) is 49.9. The van der Waals surface area contributed by atoms with Crippen molar-refractivity contribution in [2.45, 2.75) is 245 Å². The maximum atomic E-state index is 12.4. The number of carbonyl (C=O) groups is 2. The zero-order valence-electron chi connectivity index (χ0n) is 34.6. The molecule has 0 saturated carbocycles. The molecule has 0 heterocycles. The van der Waals surface area contributed by atoms with Crippen LogP contribution in [-0.2, 0) is 14.3 Å². The van der Waals surface area contributed by atoms with E-state index in [9.17, 15) is 14.7 Å². The van der Waals surface area contributed by atoms with Crippen LogP contribution in [0.5, 0.6) is 0 Å². The second kappa shape index (κ2) is 43.3. The summed E-state index contributed by atoms with van der Waals surface area (Å²) in [5.41, 5.74) is 0. The summed E-state index contributed by atoms with van der Waals surface area (Å²) in [6.07, 6.45) is 58.6. The average Bonchev–Trinajstić information content (AvgIpc) is 3.13. The Morgan fingerprint density at radius 3 is 1.19 bits per heavy atom. The van der Waals surface area contributed by atoms with Crippen molar-refractivity contribution in [2.75, 3.05) is 0 Å². The molecule has 0 aromatic rings. The zero-order valence-corrected chi connectivity index (χ0v) is 34.6. The fraction of sp³-hybridized carbons (Fsp3) is 0.792. The lowest BCUT2D eigenvalue weighted by Gasteiger charge is -2.16. The number of carboxylic acids is 1. The third-order valence-electron chi connectivity index (χ3n) is 10.0. The Balaban J connectivity index is 3.66. The Morgan fingerprint density at radius 1 is 0.442 bits per heavy atom. The molecule has 0 aliphatic heterocycles. The molecule has 4 nitrogen and oxygen atoms in total. The van der Waals surface area contributed by atoms with Gasteiger partial charge in [0.25, 0.3) is 0 Å². The van der Waals surface area contributed by atoms with E-state index >= 15 is 0 Å². The van der Waals surface area contributed by atoms with Crippen molar-refractivity contribution in [2.24, 2.45) is 0 Å². The Morgan fingerprint density at radius 2 is 0.769 bits per heavy atom. The lowest BCUT2D eigenvalue weighted by molar-refractivity contribution is -0.153. The van der Waals surface area contributed by atoms with Crippen molar-refractivity contribution in [3.63, 3.8) is 0 Å². The topological polar surface area (TPSA) is 63.6 Å². The van der Waals surface area contributed by atoms with Gasteiger partial charge < -0.3 is 9.84 Å². The molecule has 1 atom stereocenters. The van der Waals surface area contributed by atoms with E-state index in [0.717, 1.165) is 57.8 Å². The predicted molar refractivity (Wildman–Crippen MR) is 227 cm³/mol. The molecule has 0 rings (SSSR count). The quantitative estimate of drug-likeness (QED) is 0.0387. The van der Waals surface area contributed by atoms with Gasteiger partial charge in [0.1, 0.15) is 6.10 Å². The van der Waals surface area contributed by atoms with Crippen LogP contribution in [0, 0.1) is 0 Å². The van der Waals surface area contributed by atoms with E-state index in [4.69, 9.17) is 4.74 Å². The number of aliphatic carboxylic acids is 1. The van der Waals surface area contributed by atoms with Crippen molar-refractivity contribution in [1.82, 2.24) is 0 Å². The summed E-state index contributed by atoms with van der Waals surface area (Å²) >= 11 is 0. The molecule has 0 bridgehead atoms. The Hall–Kier alpha value is -2.10. The molecule has 0 radical (unpaired) electrons. The number of rotatable bonds is 41. The second-order valence-corrected chi connectivity index (χ2v) is 15.3. The van der Waals surface area contributed by atoms with E-state index in [-0.39, 0.29) is 12.4 Å². The van der Waals surface area contributed by atoms with E-state index in [1.54, 1.807) is 0 Å². The normalized spacial score (nSPS) is 12.7. The van der Waals surface area contributed by atoms with Crippen LogP contribution in [0.4, 0.5) is 0 Å². The number of carboxylic acid groups (broad SMARTS) is 1. The van der Waals surface area contributed by atoms with E-state index in [0.29, 0.717) is 12.8 Å². The first-order valence-corrected chi connectivity index (χ1v) is 22.6. The Labute approximate surface area is 323 Å². The smallest absolute Gasteiger partial charge is 0.307 e. The highest BCUT2D eigenvalue weighted by molar-refractivity contribution is 5.71. The highest BCUT2D eigenvalue weighted by atomic mass is 16.5. The molecular formula is C48H86O4. The van der Waals surface area contributed by atoms with Gasteiger partial charge in [0, 0.05) is 6.42 Å². The fourth-order valence-electron chi connectivity index (χ4n) is 6.72. The lowest BCUT2D eigenvalue weighted by Crippen LogP contribution is -2.21. The van der Waals surface area contributed by atoms with Crippen LogP contribution in [0.3, 0.4) is 0 Å². The van der Waals surface area contributed by atoms with Gasteiger partial charge in [-0.15, -0.1) is 0 Å². The number of hydrogen-bond acceptors (Lipinski definition) is 3. The summed E-state index contributed by atoms with van der Waals surface area (Å²) in [7, 11) is 0. The monoisotopic (exact) mass is 727 g/mol. The lowest BCUT2D eigenvalue weighted by atomic mass is 10.0. The van der Waals surface area contributed by atoms with Gasteiger partial charge in [-0.3, -0.25) is 9.59 Å². The molecule has 52 heavy (non-hydrogen) atoms. The summed E-state index contributed by atoms with van der Waals surface area (Å²) < 4.78 is 5.60. The highest BCUT2D eigenvalue weighted by Crippen LogP contribution is 2.17. The maximum Gasteiger partial charge on any atom is 0.307 e. The van der Waals surface area contributed by atoms with Gasteiger partial charge in [0.15, 0.2) is 0 Å². The van der Waals surface area contributed by atoms with Crippen LogP contribution in [0.1, 0.15) is 239 Å². The van der Waals surface area contributed by atoms with Crippen LogP contribution in [0.25, 0.3) is 0 Å². The molecule has 0 aromatic carbocycles. The standard InChI is InChI=1S/C48H86O4/c1-3-5-7-9-11-13-15-17-19-21-23-24-26-28-30-32-34-36-38-40-42-44-48(51)52-46(45-47(49)50)43-41-39-37-35-33-31-29-27-25-22-20-18-16-14-12-10-8-6-4-2/h11,13,17,19,23-24,28,30,46H,3-10,12,14-16,18,20-22,25-27,29,31-45H2,1-2H3,(H,49,50)/b13-11-,19-17-,24-23-,30-28-. The number of ether oxygens (including phenoxy) is 1. The minimum Gasteiger partial charge on any atom is -0.481 e. The molecule has 1 N–H and O–H groups in total. The maximum absolute atomic E-state index is 12.4. The third kappa shape index (κ3) is 42.3. The summed E-state index contributed by atoms with van der Waals surface area (Å²) in [6.45, 7) is 4.53. The molecule has 0 spiro atoms. The number of hydrogen-bond donors (Lipinski definition) is 1. The molecule has 0 aliphatic carbocycles. The minimum atomic E-state index is -0.884. The van der Waals surface area contributed by atoms with Crippen LogP contribution < -0.4 is 0 Å². The molecule has 4 heteroatoms. The van der Waals surface area contributed by atoms with Gasteiger partial charge in [0.05, 0.1) is 6.42 Å². The van der Waals surface area contributed by atoms with Crippen LogP contribution in [0.15, 0.2) is 48.6 Å². The predicted octanol–water partition coefficient (Wildman–Crippen LogP) is 15.9. The van der Waals surface area contributed by atoms with Crippen molar-refractivity contribution in [3.8, 4) is 0 Å². The van der Waals surface area contributed by atoms with Crippen LogP contribution >= 0.6 is 0 Å². The molecule has 302 valence electrons. The third-order valence-corrected chi connectivity index (χ3v) is 10.0. The second-order valence-electron chi connectivity index (χ2n) is 15.3. The molecule has 0 fully saturated rings.